The summed E-state index contributed by atoms with van der Waals surface area (Å²) >= 11 is 0. The van der Waals surface area contributed by atoms with E-state index < -0.39 is 10.0 Å². The van der Waals surface area contributed by atoms with Crippen molar-refractivity contribution in [2.24, 2.45) is 40.6 Å². The maximum absolute atomic E-state index is 12.3. The molecule has 4 fully saturated rings. The van der Waals surface area contributed by atoms with Gasteiger partial charge in [-0.15, -0.1) is 0 Å². The van der Waals surface area contributed by atoms with Crippen LogP contribution < -0.4 is 4.83 Å². The first-order chi connectivity index (χ1) is 23.3. The lowest BCUT2D eigenvalue weighted by Crippen LogP contribution is -2.41. The van der Waals surface area contributed by atoms with Gasteiger partial charge in [-0.2, -0.15) is 13.5 Å². The van der Waals surface area contributed by atoms with Crippen molar-refractivity contribution in [3.63, 3.8) is 0 Å². The highest BCUT2D eigenvalue weighted by Crippen LogP contribution is 2.44. The second-order valence-corrected chi connectivity index (χ2v) is 18.9. The van der Waals surface area contributed by atoms with E-state index in [0.717, 1.165) is 78.9 Å². The van der Waals surface area contributed by atoms with Gasteiger partial charge in [0.15, 0.2) is 0 Å². The van der Waals surface area contributed by atoms with Crippen LogP contribution in [0.4, 0.5) is 0 Å². The number of aryl methyl sites for hydroxylation is 1. The predicted octanol–water partition coefficient (Wildman–Crippen LogP) is 10.6. The molecule has 1 aromatic rings. The minimum absolute atomic E-state index is 0.114. The third kappa shape index (κ3) is 10.0. The van der Waals surface area contributed by atoms with E-state index >= 15 is 0 Å². The molecule has 0 bridgehead atoms. The average molecular weight is 695 g/mol. The molecule has 1 heterocycles. The Bertz CT molecular complexity index is 1350. The van der Waals surface area contributed by atoms with Crippen molar-refractivity contribution in [2.75, 3.05) is 0 Å². The van der Waals surface area contributed by atoms with E-state index in [1.807, 2.05) is 6.92 Å². The average Bonchev–Trinajstić information content (AvgIpc) is 3.34. The summed E-state index contributed by atoms with van der Waals surface area (Å²) < 4.78 is 37.1. The smallest absolute Gasteiger partial charge is 0.400 e. The molecule has 6 rings (SSSR count). The van der Waals surface area contributed by atoms with Crippen LogP contribution in [0.2, 0.25) is 0 Å². The molecule has 1 N–H and O–H groups in total. The fraction of sp³-hybridized carbons (Fsp3) is 0.780. The van der Waals surface area contributed by atoms with Crippen LogP contribution in [0.3, 0.4) is 0 Å². The largest absolute Gasteiger partial charge is 0.490 e. The van der Waals surface area contributed by atoms with Crippen LogP contribution in [0.1, 0.15) is 156 Å². The van der Waals surface area contributed by atoms with E-state index in [9.17, 15) is 8.42 Å². The topological polar surface area (TPSA) is 77.0 Å². The van der Waals surface area contributed by atoms with Gasteiger partial charge >= 0.3 is 7.12 Å². The number of benzene rings is 1. The zero-order valence-electron chi connectivity index (χ0n) is 31.9. The quantitative estimate of drug-likeness (QED) is 0.217. The van der Waals surface area contributed by atoms with Crippen molar-refractivity contribution in [3.8, 4) is 0 Å². The fourth-order valence-corrected chi connectivity index (χ4v) is 9.95. The normalized spacial score (nSPS) is 31.7. The fourth-order valence-electron chi connectivity index (χ4n) is 9.10. The summed E-state index contributed by atoms with van der Waals surface area (Å²) in [4.78, 5) is 2.70. The Morgan fingerprint density at radius 2 is 1.18 bits per heavy atom. The summed E-state index contributed by atoms with van der Waals surface area (Å²) in [5.41, 5.74) is 3.00. The van der Waals surface area contributed by atoms with E-state index in [-0.39, 0.29) is 23.2 Å². The van der Waals surface area contributed by atoms with Crippen LogP contribution in [0, 0.1) is 42.4 Å². The highest BCUT2D eigenvalue weighted by atomic mass is 32.2. The van der Waals surface area contributed by atoms with Crippen molar-refractivity contribution >= 4 is 22.9 Å². The molecule has 1 aromatic carbocycles. The van der Waals surface area contributed by atoms with Crippen LogP contribution in [0.15, 0.2) is 45.8 Å². The number of hydrogen-bond donors (Lipinski definition) is 1. The summed E-state index contributed by atoms with van der Waals surface area (Å²) in [5.74, 6) is 5.51. The number of hydrazone groups is 1. The Morgan fingerprint density at radius 1 is 0.714 bits per heavy atom. The minimum atomic E-state index is -3.56. The molecule has 0 amide bonds. The molecule has 0 spiro atoms. The highest BCUT2D eigenvalue weighted by molar-refractivity contribution is 7.89. The standard InChI is InChI=1S/C21H32N2O2S.C20H35BO2/c1-3-17-6-8-18(9-7-17)19-10-12-20(13-11-19)22-23-26(24,25)21-14-4-16(2)5-15-21;1-6-15-7-9-16(10-8-15)17-11-13-18(14-12-17)21-22-19(2,3)20(4,5)23-21/h4-5,14-15,17-19,23H,3,6-13H2,1-2H3;13,15-17H,6-12,14H2,1-5H3. The molecule has 3 saturated carbocycles. The van der Waals surface area contributed by atoms with Crippen LogP contribution >= 0.6 is 0 Å². The maximum atomic E-state index is 12.3. The minimum Gasteiger partial charge on any atom is -0.400 e. The molecular weight excluding hydrogens is 627 g/mol. The Labute approximate surface area is 300 Å². The summed E-state index contributed by atoms with van der Waals surface area (Å²) in [7, 11) is -3.67. The van der Waals surface area contributed by atoms with E-state index in [1.54, 1.807) is 24.3 Å². The first-order valence-corrected chi connectivity index (χ1v) is 21.5. The summed E-state index contributed by atoms with van der Waals surface area (Å²) in [5, 5.41) is 4.24. The van der Waals surface area contributed by atoms with E-state index in [1.165, 1.54) is 82.5 Å². The van der Waals surface area contributed by atoms with Gasteiger partial charge in [0.1, 0.15) is 0 Å². The predicted molar refractivity (Wildman–Crippen MR) is 204 cm³/mol. The van der Waals surface area contributed by atoms with Crippen molar-refractivity contribution in [1.82, 2.24) is 4.83 Å². The monoisotopic (exact) mass is 694 g/mol. The van der Waals surface area contributed by atoms with Gasteiger partial charge < -0.3 is 9.31 Å². The summed E-state index contributed by atoms with van der Waals surface area (Å²) in [6, 6.07) is 6.86. The van der Waals surface area contributed by atoms with Crippen molar-refractivity contribution in [3.05, 3.63) is 41.4 Å². The lowest BCUT2D eigenvalue weighted by atomic mass is 9.66. The molecule has 0 aromatic heterocycles. The molecule has 1 aliphatic heterocycles. The van der Waals surface area contributed by atoms with Gasteiger partial charge in [0.05, 0.1) is 16.1 Å². The third-order valence-electron chi connectivity index (χ3n) is 13.6. The first-order valence-electron chi connectivity index (χ1n) is 20.0. The third-order valence-corrected chi connectivity index (χ3v) is 14.8. The molecule has 8 heteroatoms. The van der Waals surface area contributed by atoms with Gasteiger partial charge in [0, 0.05) is 5.71 Å². The Morgan fingerprint density at radius 3 is 1.65 bits per heavy atom. The van der Waals surface area contributed by atoms with Gasteiger partial charge in [0.25, 0.3) is 10.0 Å². The van der Waals surface area contributed by atoms with E-state index in [4.69, 9.17) is 9.31 Å². The molecule has 5 aliphatic rings. The summed E-state index contributed by atoms with van der Waals surface area (Å²) in [6.45, 7) is 15.2. The SMILES string of the molecule is CCC1CCC(C2CC=C(B3OC(C)(C)C(C)(C)O3)CC2)CC1.CCC1CCC(C2CCC(=NNS(=O)(=O)c3ccc(C)cc3)CC2)CC1. The zero-order valence-corrected chi connectivity index (χ0v) is 32.8. The Hall–Kier alpha value is -1.64. The van der Waals surface area contributed by atoms with Crippen molar-refractivity contribution < 1.29 is 17.7 Å². The number of sulfonamides is 1. The summed E-state index contributed by atoms with van der Waals surface area (Å²) in [6.07, 6.45) is 24.5. The molecule has 1 unspecified atom stereocenters. The number of allylic oxidation sites excluding steroid dienone is 2. The number of rotatable bonds is 8. The van der Waals surface area contributed by atoms with Crippen LogP contribution in [-0.2, 0) is 19.3 Å². The molecule has 6 nitrogen and oxygen atoms in total. The van der Waals surface area contributed by atoms with Crippen LogP contribution in [-0.4, -0.2) is 32.4 Å². The molecule has 1 atom stereocenters. The van der Waals surface area contributed by atoms with Gasteiger partial charge in [-0.25, -0.2) is 4.83 Å². The van der Waals surface area contributed by atoms with Gasteiger partial charge in [-0.3, -0.25) is 0 Å². The highest BCUT2D eigenvalue weighted by Gasteiger charge is 2.52. The molecule has 49 heavy (non-hydrogen) atoms. The van der Waals surface area contributed by atoms with Gasteiger partial charge in [0.2, 0.25) is 0 Å². The van der Waals surface area contributed by atoms with Crippen molar-refractivity contribution in [1.29, 1.82) is 0 Å². The molecule has 4 aliphatic carbocycles. The lowest BCUT2D eigenvalue weighted by molar-refractivity contribution is 0.00578. The molecular formula is C41H67BN2O4S. The van der Waals surface area contributed by atoms with Crippen LogP contribution in [0.5, 0.6) is 0 Å². The first kappa shape index (κ1) is 38.6. The number of nitrogens with zero attached hydrogens (tertiary/aromatic N) is 1. The molecule has 1 saturated heterocycles. The van der Waals surface area contributed by atoms with Crippen LogP contribution in [0.25, 0.3) is 0 Å². The lowest BCUT2D eigenvalue weighted by Gasteiger charge is -2.35. The number of nitrogens with one attached hydrogen (secondary N) is 1. The Balaban J connectivity index is 0.000000192. The maximum Gasteiger partial charge on any atom is 0.490 e. The van der Waals surface area contributed by atoms with E-state index in [0.29, 0.717) is 0 Å². The second kappa shape index (κ2) is 16.8. The van der Waals surface area contributed by atoms with Gasteiger partial charge in [-0.05, 0) is 158 Å². The Kier molecular flexibility index (Phi) is 13.2. The second-order valence-electron chi connectivity index (χ2n) is 17.2. The molecule has 274 valence electrons. The van der Waals surface area contributed by atoms with E-state index in [2.05, 4.69) is 57.6 Å². The zero-order chi connectivity index (χ0) is 35.2. The molecule has 0 radical (unpaired) electrons. The van der Waals surface area contributed by atoms with Crippen molar-refractivity contribution in [2.45, 2.75) is 174 Å². The van der Waals surface area contributed by atoms with Gasteiger partial charge in [-0.1, -0.05) is 76.1 Å². The number of hydrogen-bond acceptors (Lipinski definition) is 5.